The second-order valence-corrected chi connectivity index (χ2v) is 8.75. The van der Waals surface area contributed by atoms with Gasteiger partial charge in [0.25, 0.3) is 15.3 Å². The number of sulfonamides is 1. The zero-order valence-corrected chi connectivity index (χ0v) is 17.0. The fourth-order valence-electron chi connectivity index (χ4n) is 1.84. The third-order valence-electron chi connectivity index (χ3n) is 3.09. The van der Waals surface area contributed by atoms with Gasteiger partial charge in [0, 0.05) is 24.7 Å². The van der Waals surface area contributed by atoms with Crippen LogP contribution >= 0.6 is 27.7 Å². The second kappa shape index (κ2) is 8.11. The van der Waals surface area contributed by atoms with Crippen LogP contribution in [0.4, 0.5) is 10.5 Å². The number of ether oxygens (including phenoxy) is 1. The molecule has 0 aliphatic heterocycles. The predicted molar refractivity (Wildman–Crippen MR) is 103 cm³/mol. The molecule has 2 aromatic rings. The van der Waals surface area contributed by atoms with Crippen molar-refractivity contribution in [1.29, 1.82) is 0 Å². The zero-order valence-electron chi connectivity index (χ0n) is 13.8. The van der Waals surface area contributed by atoms with Gasteiger partial charge in [-0.3, -0.25) is 9.52 Å². The number of carbonyl (C=O) groups is 1. The minimum Gasteiger partial charge on any atom is -0.496 e. The molecular formula is C16H17BrN2O4S2. The molecule has 9 heteroatoms. The summed E-state index contributed by atoms with van der Waals surface area (Å²) in [6, 6.07) is 11.2. The minimum atomic E-state index is -3.76. The molecule has 0 aromatic heterocycles. The van der Waals surface area contributed by atoms with E-state index in [1.807, 2.05) is 0 Å². The quantitative estimate of drug-likeness (QED) is 0.704. The Balaban J connectivity index is 2.23. The van der Waals surface area contributed by atoms with Crippen LogP contribution in [-0.4, -0.2) is 39.8 Å². The first-order chi connectivity index (χ1) is 11.7. The Hall–Kier alpha value is -1.71. The zero-order chi connectivity index (χ0) is 18.6. The number of nitrogens with zero attached hydrogens (tertiary/aromatic N) is 1. The lowest BCUT2D eigenvalue weighted by molar-refractivity contribution is 0.241. The van der Waals surface area contributed by atoms with E-state index < -0.39 is 10.0 Å². The number of hydrogen-bond donors (Lipinski definition) is 1. The van der Waals surface area contributed by atoms with E-state index in [4.69, 9.17) is 4.74 Å². The molecule has 2 aromatic carbocycles. The van der Waals surface area contributed by atoms with Crippen LogP contribution in [0.1, 0.15) is 0 Å². The van der Waals surface area contributed by atoms with E-state index in [9.17, 15) is 13.2 Å². The van der Waals surface area contributed by atoms with Gasteiger partial charge in [0.1, 0.15) is 5.75 Å². The molecule has 1 N–H and O–H groups in total. The highest BCUT2D eigenvalue weighted by Gasteiger charge is 2.17. The molecule has 0 bridgehead atoms. The van der Waals surface area contributed by atoms with E-state index in [1.165, 1.54) is 24.1 Å². The molecule has 0 aliphatic carbocycles. The number of halogens is 1. The normalized spacial score (nSPS) is 11.0. The number of anilines is 1. The van der Waals surface area contributed by atoms with E-state index >= 15 is 0 Å². The van der Waals surface area contributed by atoms with Gasteiger partial charge in [-0.25, -0.2) is 8.42 Å². The summed E-state index contributed by atoms with van der Waals surface area (Å²) < 4.78 is 33.2. The van der Waals surface area contributed by atoms with E-state index in [-0.39, 0.29) is 10.1 Å². The van der Waals surface area contributed by atoms with Crippen LogP contribution in [0.2, 0.25) is 0 Å². The minimum absolute atomic E-state index is 0.0996. The lowest BCUT2D eigenvalue weighted by atomic mass is 10.3. The highest BCUT2D eigenvalue weighted by atomic mass is 79.9. The summed E-state index contributed by atoms with van der Waals surface area (Å²) in [7, 11) is 1.05. The Morgan fingerprint density at radius 2 is 1.92 bits per heavy atom. The monoisotopic (exact) mass is 444 g/mol. The highest BCUT2D eigenvalue weighted by molar-refractivity contribution is 9.10. The molecule has 0 spiro atoms. The molecule has 0 saturated carbocycles. The summed E-state index contributed by atoms with van der Waals surface area (Å²) in [6.45, 7) is 0. The molecule has 25 heavy (non-hydrogen) atoms. The van der Waals surface area contributed by atoms with E-state index in [2.05, 4.69) is 20.7 Å². The summed E-state index contributed by atoms with van der Waals surface area (Å²) in [5.74, 6) is 0.541. The number of methoxy groups -OCH3 is 1. The predicted octanol–water partition coefficient (Wildman–Crippen LogP) is 4.03. The number of carbonyl (C=O) groups excluding carboxylic acids is 1. The van der Waals surface area contributed by atoms with Gasteiger partial charge in [-0.2, -0.15) is 0 Å². The summed E-state index contributed by atoms with van der Waals surface area (Å²) in [5, 5.41) is -0.140. The summed E-state index contributed by atoms with van der Waals surface area (Å²) in [6.07, 6.45) is 0. The van der Waals surface area contributed by atoms with Crippen molar-refractivity contribution in [2.45, 2.75) is 9.79 Å². The van der Waals surface area contributed by atoms with Gasteiger partial charge in [0.2, 0.25) is 0 Å². The van der Waals surface area contributed by atoms with E-state index in [0.29, 0.717) is 20.8 Å². The average Bonchev–Trinajstić information content (AvgIpc) is 2.54. The van der Waals surface area contributed by atoms with Crippen molar-refractivity contribution in [2.24, 2.45) is 0 Å². The first kappa shape index (κ1) is 19.6. The smallest absolute Gasteiger partial charge is 0.285 e. The second-order valence-electron chi connectivity index (χ2n) is 5.19. The average molecular weight is 445 g/mol. The van der Waals surface area contributed by atoms with Crippen molar-refractivity contribution in [3.05, 3.63) is 46.9 Å². The molecule has 0 radical (unpaired) electrons. The molecule has 0 unspecified atom stereocenters. The Morgan fingerprint density at radius 3 is 2.52 bits per heavy atom. The van der Waals surface area contributed by atoms with Crippen molar-refractivity contribution in [3.63, 3.8) is 0 Å². The van der Waals surface area contributed by atoms with Crippen molar-refractivity contribution >= 4 is 48.6 Å². The van der Waals surface area contributed by atoms with Gasteiger partial charge >= 0.3 is 0 Å². The van der Waals surface area contributed by atoms with Gasteiger partial charge in [0.05, 0.1) is 16.5 Å². The molecule has 134 valence electrons. The van der Waals surface area contributed by atoms with Crippen LogP contribution in [0.25, 0.3) is 0 Å². The molecule has 0 atom stereocenters. The van der Waals surface area contributed by atoms with Crippen molar-refractivity contribution in [3.8, 4) is 5.75 Å². The van der Waals surface area contributed by atoms with Crippen LogP contribution in [-0.2, 0) is 10.0 Å². The first-order valence-electron chi connectivity index (χ1n) is 7.08. The van der Waals surface area contributed by atoms with Gasteiger partial charge in [-0.05, 0) is 64.1 Å². The number of benzene rings is 2. The van der Waals surface area contributed by atoms with Crippen LogP contribution in [0.15, 0.2) is 56.7 Å². The maximum atomic E-state index is 12.5. The maximum Gasteiger partial charge on any atom is 0.285 e. The van der Waals surface area contributed by atoms with Crippen molar-refractivity contribution < 1.29 is 17.9 Å². The van der Waals surface area contributed by atoms with Crippen LogP contribution < -0.4 is 9.46 Å². The van der Waals surface area contributed by atoms with Crippen LogP contribution in [0.3, 0.4) is 0 Å². The molecule has 6 nitrogen and oxygen atoms in total. The molecular weight excluding hydrogens is 428 g/mol. The summed E-state index contributed by atoms with van der Waals surface area (Å²) in [4.78, 5) is 14.0. The number of nitrogens with one attached hydrogen (secondary N) is 1. The molecule has 0 fully saturated rings. The van der Waals surface area contributed by atoms with Gasteiger partial charge in [-0.1, -0.05) is 6.07 Å². The van der Waals surface area contributed by atoms with Gasteiger partial charge in [-0.15, -0.1) is 0 Å². The Morgan fingerprint density at radius 1 is 1.20 bits per heavy atom. The molecule has 1 amide bonds. The summed E-state index contributed by atoms with van der Waals surface area (Å²) >= 11 is 4.30. The lowest BCUT2D eigenvalue weighted by Crippen LogP contribution is -2.16. The van der Waals surface area contributed by atoms with E-state index in [1.54, 1.807) is 44.4 Å². The fourth-order valence-corrected chi connectivity index (χ4v) is 4.33. The third-order valence-corrected chi connectivity index (χ3v) is 6.12. The van der Waals surface area contributed by atoms with Crippen molar-refractivity contribution in [1.82, 2.24) is 4.90 Å². The van der Waals surface area contributed by atoms with Crippen LogP contribution in [0, 0.1) is 0 Å². The Bertz CT molecular complexity index is 885. The number of amides is 1. The molecule has 2 rings (SSSR count). The third kappa shape index (κ3) is 5.13. The topological polar surface area (TPSA) is 75.7 Å². The number of hydrogen-bond acceptors (Lipinski definition) is 5. The molecule has 0 aliphatic rings. The number of thioether (sulfide) groups is 1. The number of rotatable bonds is 5. The highest BCUT2D eigenvalue weighted by Crippen LogP contribution is 2.29. The maximum absolute atomic E-state index is 12.5. The van der Waals surface area contributed by atoms with Gasteiger partial charge in [0.15, 0.2) is 0 Å². The Labute approximate surface area is 159 Å². The Kier molecular flexibility index (Phi) is 6.36. The van der Waals surface area contributed by atoms with Gasteiger partial charge < -0.3 is 9.64 Å². The fraction of sp³-hybridized carbons (Fsp3) is 0.188. The molecule has 0 heterocycles. The van der Waals surface area contributed by atoms with E-state index in [0.717, 1.165) is 11.8 Å². The first-order valence-corrected chi connectivity index (χ1v) is 10.2. The SMILES string of the molecule is COc1ccc(S(=O)(=O)Nc2cccc(SC(=O)N(C)C)c2)cc1Br. The largest absolute Gasteiger partial charge is 0.496 e. The molecule has 0 saturated heterocycles. The van der Waals surface area contributed by atoms with Crippen LogP contribution in [0.5, 0.6) is 5.75 Å². The summed E-state index contributed by atoms with van der Waals surface area (Å²) in [5.41, 5.74) is 0.378. The standard InChI is InChI=1S/C16H17BrN2O4S2/c1-19(2)16(20)24-12-6-4-5-11(9-12)18-25(21,22)13-7-8-15(23-3)14(17)10-13/h4-10,18H,1-3H3. The lowest BCUT2D eigenvalue weighted by Gasteiger charge is -2.12. The van der Waals surface area contributed by atoms with Crippen molar-refractivity contribution in [2.75, 3.05) is 25.9 Å².